The molecule has 0 saturated carbocycles. The van der Waals surface area contributed by atoms with Crippen LogP contribution in [0.3, 0.4) is 0 Å². The Balaban J connectivity index is 1.11. The third-order valence-electron chi connectivity index (χ3n) is 5.84. The van der Waals surface area contributed by atoms with Crippen LogP contribution >= 0.6 is 11.8 Å². The third kappa shape index (κ3) is 5.35. The Labute approximate surface area is 201 Å². The van der Waals surface area contributed by atoms with E-state index in [9.17, 15) is 9.59 Å². The minimum atomic E-state index is -0.382. The van der Waals surface area contributed by atoms with E-state index in [0.29, 0.717) is 22.5 Å². The minimum absolute atomic E-state index is 0.352. The van der Waals surface area contributed by atoms with Crippen LogP contribution in [0.2, 0.25) is 0 Å². The molecule has 2 fully saturated rings. The summed E-state index contributed by atoms with van der Waals surface area (Å²) in [5.74, 6) is 1.62. The van der Waals surface area contributed by atoms with Crippen LogP contribution in [0.4, 0.5) is 10.7 Å². The van der Waals surface area contributed by atoms with E-state index >= 15 is 0 Å². The van der Waals surface area contributed by atoms with Crippen LogP contribution in [0.25, 0.3) is 17.5 Å². The van der Waals surface area contributed by atoms with E-state index in [2.05, 4.69) is 36.6 Å². The van der Waals surface area contributed by atoms with E-state index in [0.717, 1.165) is 62.2 Å². The number of carbonyl (C=O) groups excluding carboxylic acids is 2. The lowest BCUT2D eigenvalue weighted by molar-refractivity contribution is -0.115. The van der Waals surface area contributed by atoms with Gasteiger partial charge in [0.1, 0.15) is 5.69 Å². The van der Waals surface area contributed by atoms with Gasteiger partial charge in [-0.15, -0.1) is 0 Å². The fourth-order valence-electron chi connectivity index (χ4n) is 4.05. The molecule has 34 heavy (non-hydrogen) atoms. The van der Waals surface area contributed by atoms with Crippen LogP contribution in [0.15, 0.2) is 58.3 Å². The quantitative estimate of drug-likeness (QED) is 0.495. The van der Waals surface area contributed by atoms with Crippen molar-refractivity contribution in [3.63, 3.8) is 0 Å². The van der Waals surface area contributed by atoms with Gasteiger partial charge in [-0.2, -0.15) is 0 Å². The number of nitrogens with zero attached hydrogens (tertiary/aromatic N) is 4. The molecule has 5 rings (SSSR count). The Kier molecular flexibility index (Phi) is 6.68. The largest absolute Gasteiger partial charge is 0.463 e. The number of furan rings is 1. The highest BCUT2D eigenvalue weighted by Gasteiger charge is 2.25. The van der Waals surface area contributed by atoms with Crippen molar-refractivity contribution >= 4 is 34.9 Å². The number of hydrogen-bond donors (Lipinski definition) is 2. The first-order valence-corrected chi connectivity index (χ1v) is 12.0. The van der Waals surface area contributed by atoms with E-state index in [-0.39, 0.29) is 11.1 Å². The van der Waals surface area contributed by atoms with Crippen LogP contribution in [-0.4, -0.2) is 45.7 Å². The Morgan fingerprint density at radius 3 is 2.79 bits per heavy atom. The molecule has 0 bridgehead atoms. The molecular formula is C24H24N6O3S. The van der Waals surface area contributed by atoms with Gasteiger partial charge in [0.2, 0.25) is 5.95 Å². The topological polar surface area (TPSA) is 113 Å². The SMILES string of the molecule is O=C1NC(=O)/C(=C\c2ccnc(N3CCC(CNCc4ccnc(-c5ccco5)c4)CC3)n2)S1. The molecule has 0 aliphatic carbocycles. The van der Waals surface area contributed by atoms with Crippen LogP contribution < -0.4 is 15.5 Å². The molecule has 9 nitrogen and oxygen atoms in total. The summed E-state index contributed by atoms with van der Waals surface area (Å²) in [7, 11) is 0. The van der Waals surface area contributed by atoms with Crippen molar-refractivity contribution in [1.82, 2.24) is 25.6 Å². The van der Waals surface area contributed by atoms with E-state index < -0.39 is 0 Å². The molecule has 3 aromatic heterocycles. The van der Waals surface area contributed by atoms with Gasteiger partial charge in [0.25, 0.3) is 11.1 Å². The summed E-state index contributed by atoms with van der Waals surface area (Å²) in [6.45, 7) is 3.47. The molecule has 2 amide bonds. The number of aromatic nitrogens is 3. The molecule has 10 heteroatoms. The molecule has 0 atom stereocenters. The van der Waals surface area contributed by atoms with Gasteiger partial charge >= 0.3 is 0 Å². The summed E-state index contributed by atoms with van der Waals surface area (Å²) in [4.78, 5) is 39.0. The maximum Gasteiger partial charge on any atom is 0.290 e. The van der Waals surface area contributed by atoms with Gasteiger partial charge in [0, 0.05) is 32.0 Å². The number of rotatable bonds is 7. The van der Waals surface area contributed by atoms with Crippen LogP contribution in [0.5, 0.6) is 0 Å². The molecule has 0 spiro atoms. The summed E-state index contributed by atoms with van der Waals surface area (Å²) in [5, 5.41) is 5.47. The standard InChI is InChI=1S/C24H24N6O3S/c31-22-21(34-24(32)29-22)13-18-4-8-27-23(28-18)30-9-5-16(6-10-30)14-25-15-17-3-7-26-19(12-17)20-2-1-11-33-20/h1-4,7-8,11-13,16,25H,5-6,9-10,14-15H2,(H,29,31,32)/b21-13+. The number of thioether (sulfide) groups is 1. The van der Waals surface area contributed by atoms with Crippen molar-refractivity contribution in [2.24, 2.45) is 5.92 Å². The normalized spacial score (nSPS) is 18.0. The van der Waals surface area contributed by atoms with Crippen LogP contribution in [0, 0.1) is 5.92 Å². The molecule has 174 valence electrons. The minimum Gasteiger partial charge on any atom is -0.463 e. The van der Waals surface area contributed by atoms with E-state index in [1.807, 2.05) is 24.4 Å². The zero-order valence-corrected chi connectivity index (χ0v) is 19.3. The molecule has 0 radical (unpaired) electrons. The van der Waals surface area contributed by atoms with Crippen LogP contribution in [0.1, 0.15) is 24.1 Å². The smallest absolute Gasteiger partial charge is 0.290 e. The molecular weight excluding hydrogens is 452 g/mol. The average Bonchev–Trinajstić information content (AvgIpc) is 3.50. The summed E-state index contributed by atoms with van der Waals surface area (Å²) in [5.41, 5.74) is 2.63. The first-order valence-electron chi connectivity index (χ1n) is 11.2. The van der Waals surface area contributed by atoms with Gasteiger partial charge in [0.15, 0.2) is 5.76 Å². The number of amides is 2. The van der Waals surface area contributed by atoms with Gasteiger partial charge in [0.05, 0.1) is 16.9 Å². The lowest BCUT2D eigenvalue weighted by Crippen LogP contribution is -2.38. The number of anilines is 1. The Morgan fingerprint density at radius 1 is 1.18 bits per heavy atom. The van der Waals surface area contributed by atoms with E-state index in [4.69, 9.17) is 4.42 Å². The molecule has 0 aromatic carbocycles. The van der Waals surface area contributed by atoms with Crippen molar-refractivity contribution < 1.29 is 14.0 Å². The van der Waals surface area contributed by atoms with E-state index in [1.165, 1.54) is 5.56 Å². The summed E-state index contributed by atoms with van der Waals surface area (Å²) >= 11 is 0.889. The van der Waals surface area contributed by atoms with Crippen molar-refractivity contribution in [3.05, 3.63) is 65.2 Å². The van der Waals surface area contributed by atoms with Crippen molar-refractivity contribution in [2.45, 2.75) is 19.4 Å². The number of imide groups is 1. The number of hydrogen-bond acceptors (Lipinski definition) is 9. The zero-order valence-electron chi connectivity index (χ0n) is 18.4. The molecule has 0 unspecified atom stereocenters. The molecule has 2 aliphatic rings. The van der Waals surface area contributed by atoms with Crippen LogP contribution in [-0.2, 0) is 11.3 Å². The Hall–Kier alpha value is -3.50. The number of pyridine rings is 1. The summed E-state index contributed by atoms with van der Waals surface area (Å²) in [6, 6.07) is 9.58. The second kappa shape index (κ2) is 10.2. The highest BCUT2D eigenvalue weighted by atomic mass is 32.2. The van der Waals surface area contributed by atoms with E-state index in [1.54, 1.807) is 24.6 Å². The molecule has 2 saturated heterocycles. The van der Waals surface area contributed by atoms with Gasteiger partial charge < -0.3 is 14.6 Å². The van der Waals surface area contributed by atoms with Gasteiger partial charge in [-0.05, 0) is 79.0 Å². The lowest BCUT2D eigenvalue weighted by Gasteiger charge is -2.32. The zero-order chi connectivity index (χ0) is 23.3. The lowest BCUT2D eigenvalue weighted by atomic mass is 9.97. The first-order chi connectivity index (χ1) is 16.6. The Morgan fingerprint density at radius 2 is 2.03 bits per heavy atom. The van der Waals surface area contributed by atoms with Crippen molar-refractivity contribution in [3.8, 4) is 11.5 Å². The highest BCUT2D eigenvalue weighted by molar-refractivity contribution is 8.18. The van der Waals surface area contributed by atoms with Gasteiger partial charge in [-0.3, -0.25) is 19.9 Å². The predicted octanol–water partition coefficient (Wildman–Crippen LogP) is 3.46. The highest BCUT2D eigenvalue weighted by Crippen LogP contribution is 2.26. The molecule has 2 aliphatic heterocycles. The summed E-state index contributed by atoms with van der Waals surface area (Å²) in [6.07, 6.45) is 8.87. The fourth-order valence-corrected chi connectivity index (χ4v) is 4.72. The third-order valence-corrected chi connectivity index (χ3v) is 6.65. The number of nitrogens with one attached hydrogen (secondary N) is 2. The van der Waals surface area contributed by atoms with Gasteiger partial charge in [-0.25, -0.2) is 9.97 Å². The molecule has 2 N–H and O–H groups in total. The fraction of sp³-hybridized carbons (Fsp3) is 0.292. The number of piperidine rings is 1. The maximum absolute atomic E-state index is 11.8. The second-order valence-corrected chi connectivity index (χ2v) is 9.24. The summed E-state index contributed by atoms with van der Waals surface area (Å²) < 4.78 is 5.44. The second-order valence-electron chi connectivity index (χ2n) is 8.22. The first kappa shape index (κ1) is 22.3. The average molecular weight is 477 g/mol. The van der Waals surface area contributed by atoms with Crippen molar-refractivity contribution in [1.29, 1.82) is 0 Å². The molecule has 3 aromatic rings. The monoisotopic (exact) mass is 476 g/mol. The predicted molar refractivity (Wildman–Crippen MR) is 130 cm³/mol. The molecule has 5 heterocycles. The van der Waals surface area contributed by atoms with Gasteiger partial charge in [-0.1, -0.05) is 0 Å². The maximum atomic E-state index is 11.8. The Bertz CT molecular complexity index is 1200. The number of carbonyl (C=O) groups is 2. The van der Waals surface area contributed by atoms with Crippen molar-refractivity contribution in [2.75, 3.05) is 24.5 Å².